The Hall–Kier alpha value is -1.62. The second kappa shape index (κ2) is 5.17. The largest absolute Gasteiger partial charge is 0.207 e. The van der Waals surface area contributed by atoms with E-state index in [2.05, 4.69) is 0 Å². The van der Waals surface area contributed by atoms with E-state index in [1.807, 2.05) is 0 Å². The maximum absolute atomic E-state index is 13.5. The van der Waals surface area contributed by atoms with E-state index in [9.17, 15) is 22.0 Å². The van der Waals surface area contributed by atoms with Crippen LogP contribution in [0.2, 0.25) is 0 Å². The molecule has 0 nitrogen and oxygen atoms in total. The molecule has 100 valence electrons. The van der Waals surface area contributed by atoms with E-state index >= 15 is 0 Å². The Kier molecular flexibility index (Phi) is 3.75. The molecule has 6 heteroatoms. The van der Waals surface area contributed by atoms with Crippen molar-refractivity contribution in [2.24, 2.45) is 0 Å². The Morgan fingerprint density at radius 3 is 1.89 bits per heavy atom. The molecule has 0 bridgehead atoms. The third-order valence-electron chi connectivity index (χ3n) is 2.53. The van der Waals surface area contributed by atoms with Crippen LogP contribution in [0.4, 0.5) is 22.0 Å². The molecule has 0 amide bonds. The van der Waals surface area contributed by atoms with Crippen molar-refractivity contribution in [3.8, 4) is 0 Å². The molecule has 0 heterocycles. The van der Waals surface area contributed by atoms with Gasteiger partial charge in [0.15, 0.2) is 17.5 Å². The zero-order chi connectivity index (χ0) is 14.2. The van der Waals surface area contributed by atoms with E-state index in [4.69, 9.17) is 11.6 Å². The van der Waals surface area contributed by atoms with Crippen LogP contribution in [0.25, 0.3) is 0 Å². The molecule has 0 saturated carbocycles. The molecule has 2 aromatic carbocycles. The van der Waals surface area contributed by atoms with Gasteiger partial charge in [-0.25, -0.2) is 22.0 Å². The summed E-state index contributed by atoms with van der Waals surface area (Å²) < 4.78 is 65.1. The average molecular weight is 293 g/mol. The van der Waals surface area contributed by atoms with Gasteiger partial charge in [0.05, 0.1) is 5.38 Å². The van der Waals surface area contributed by atoms with Gasteiger partial charge >= 0.3 is 0 Å². The molecule has 1 atom stereocenters. The number of alkyl halides is 1. The maximum atomic E-state index is 13.5. The lowest BCUT2D eigenvalue weighted by molar-refractivity contribution is 0.445. The molecule has 2 aromatic rings. The third-order valence-corrected chi connectivity index (χ3v) is 3.02. The van der Waals surface area contributed by atoms with Crippen molar-refractivity contribution in [2.45, 2.75) is 5.38 Å². The van der Waals surface area contributed by atoms with Crippen LogP contribution in [0.1, 0.15) is 16.5 Å². The van der Waals surface area contributed by atoms with Gasteiger partial charge in [0.25, 0.3) is 0 Å². The highest BCUT2D eigenvalue weighted by atomic mass is 35.5. The molecule has 0 radical (unpaired) electrons. The van der Waals surface area contributed by atoms with Crippen molar-refractivity contribution < 1.29 is 22.0 Å². The molecule has 0 fully saturated rings. The van der Waals surface area contributed by atoms with Gasteiger partial charge in [-0.05, 0) is 23.8 Å². The fourth-order valence-corrected chi connectivity index (χ4v) is 1.91. The van der Waals surface area contributed by atoms with Crippen LogP contribution in [-0.4, -0.2) is 0 Å². The van der Waals surface area contributed by atoms with Crippen molar-refractivity contribution in [1.82, 2.24) is 0 Å². The van der Waals surface area contributed by atoms with Gasteiger partial charge in [0.1, 0.15) is 11.6 Å². The highest BCUT2D eigenvalue weighted by molar-refractivity contribution is 6.22. The average Bonchev–Trinajstić information content (AvgIpc) is 2.34. The molecule has 19 heavy (non-hydrogen) atoms. The SMILES string of the molecule is Fc1ccc(C(Cl)c2cc(F)c(F)c(F)c2)c(F)c1. The highest BCUT2D eigenvalue weighted by Gasteiger charge is 2.20. The molecule has 0 aliphatic carbocycles. The van der Waals surface area contributed by atoms with Crippen molar-refractivity contribution in [3.05, 3.63) is 70.5 Å². The molecule has 2 rings (SSSR count). The summed E-state index contributed by atoms with van der Waals surface area (Å²) in [4.78, 5) is 0. The highest BCUT2D eigenvalue weighted by Crippen LogP contribution is 2.32. The Morgan fingerprint density at radius 2 is 1.37 bits per heavy atom. The van der Waals surface area contributed by atoms with Gasteiger partial charge in [0, 0.05) is 11.6 Å². The van der Waals surface area contributed by atoms with Gasteiger partial charge in [-0.3, -0.25) is 0 Å². The molecule has 0 aliphatic rings. The first kappa shape index (κ1) is 13.8. The number of hydrogen-bond acceptors (Lipinski definition) is 0. The predicted molar refractivity (Wildman–Crippen MR) is 60.4 cm³/mol. The van der Waals surface area contributed by atoms with E-state index in [0.717, 1.165) is 12.1 Å². The van der Waals surface area contributed by atoms with Crippen molar-refractivity contribution in [1.29, 1.82) is 0 Å². The third kappa shape index (κ3) is 2.71. The van der Waals surface area contributed by atoms with Crippen LogP contribution in [0.5, 0.6) is 0 Å². The van der Waals surface area contributed by atoms with Gasteiger partial charge in [-0.2, -0.15) is 0 Å². The van der Waals surface area contributed by atoms with Gasteiger partial charge < -0.3 is 0 Å². The molecular weight excluding hydrogens is 287 g/mol. The topological polar surface area (TPSA) is 0 Å². The quantitative estimate of drug-likeness (QED) is 0.427. The van der Waals surface area contributed by atoms with E-state index in [-0.39, 0.29) is 11.1 Å². The maximum Gasteiger partial charge on any atom is 0.194 e. The van der Waals surface area contributed by atoms with E-state index < -0.39 is 34.5 Å². The summed E-state index contributed by atoms with van der Waals surface area (Å²) in [5.74, 6) is -6.25. The van der Waals surface area contributed by atoms with Crippen LogP contribution < -0.4 is 0 Å². The lowest BCUT2D eigenvalue weighted by atomic mass is 10.0. The second-order valence-electron chi connectivity index (χ2n) is 3.83. The van der Waals surface area contributed by atoms with E-state index in [1.165, 1.54) is 0 Å². The van der Waals surface area contributed by atoms with Crippen LogP contribution in [-0.2, 0) is 0 Å². The summed E-state index contributed by atoms with van der Waals surface area (Å²) in [5, 5.41) is -1.26. The normalized spacial score (nSPS) is 12.5. The molecule has 0 N–H and O–H groups in total. The number of benzene rings is 2. The molecule has 0 aromatic heterocycles. The summed E-state index contributed by atoms with van der Waals surface area (Å²) in [6.07, 6.45) is 0. The molecular formula is C13H6ClF5. The summed E-state index contributed by atoms with van der Waals surface area (Å²) in [7, 11) is 0. The van der Waals surface area contributed by atoms with Crippen molar-refractivity contribution >= 4 is 11.6 Å². The Labute approximate surface area is 110 Å². The lowest BCUT2D eigenvalue weighted by Crippen LogP contribution is -2.01. The van der Waals surface area contributed by atoms with Crippen LogP contribution in [0.3, 0.4) is 0 Å². The first-order chi connectivity index (χ1) is 8.90. The Bertz CT molecular complexity index is 603. The minimum Gasteiger partial charge on any atom is -0.207 e. The first-order valence-electron chi connectivity index (χ1n) is 5.13. The van der Waals surface area contributed by atoms with Crippen LogP contribution >= 0.6 is 11.6 Å². The van der Waals surface area contributed by atoms with Crippen LogP contribution in [0.15, 0.2) is 30.3 Å². The number of rotatable bonds is 2. The zero-order valence-electron chi connectivity index (χ0n) is 9.23. The Morgan fingerprint density at radius 1 is 0.789 bits per heavy atom. The smallest absolute Gasteiger partial charge is 0.194 e. The summed E-state index contributed by atoms with van der Waals surface area (Å²) in [6.45, 7) is 0. The minimum atomic E-state index is -1.63. The van der Waals surface area contributed by atoms with Gasteiger partial charge in [-0.1, -0.05) is 6.07 Å². The molecule has 1 unspecified atom stereocenters. The number of hydrogen-bond donors (Lipinski definition) is 0. The minimum absolute atomic E-state index is 0.159. The standard InChI is InChI=1S/C13H6ClF5/c14-12(8-2-1-7(15)5-9(8)16)6-3-10(17)13(19)11(18)4-6/h1-5,12H. The van der Waals surface area contributed by atoms with Crippen molar-refractivity contribution in [3.63, 3.8) is 0 Å². The van der Waals surface area contributed by atoms with Gasteiger partial charge in [0.2, 0.25) is 0 Å². The zero-order valence-corrected chi connectivity index (χ0v) is 9.99. The summed E-state index contributed by atoms with van der Waals surface area (Å²) >= 11 is 5.87. The van der Waals surface area contributed by atoms with Crippen molar-refractivity contribution in [2.75, 3.05) is 0 Å². The molecule has 0 aliphatic heterocycles. The Balaban J connectivity index is 2.47. The molecule has 0 spiro atoms. The summed E-state index contributed by atoms with van der Waals surface area (Å²) in [6, 6.07) is 3.95. The van der Waals surface area contributed by atoms with Gasteiger partial charge in [-0.15, -0.1) is 11.6 Å². The van der Waals surface area contributed by atoms with E-state index in [0.29, 0.717) is 18.2 Å². The number of halogens is 6. The summed E-state index contributed by atoms with van der Waals surface area (Å²) in [5.41, 5.74) is -0.322. The first-order valence-corrected chi connectivity index (χ1v) is 5.57. The lowest BCUT2D eigenvalue weighted by Gasteiger charge is -2.12. The van der Waals surface area contributed by atoms with Crippen LogP contribution in [0, 0.1) is 29.1 Å². The fraction of sp³-hybridized carbons (Fsp3) is 0.0769. The predicted octanol–water partition coefficient (Wildman–Crippen LogP) is 4.71. The monoisotopic (exact) mass is 292 g/mol. The fourth-order valence-electron chi connectivity index (χ4n) is 1.61. The van der Waals surface area contributed by atoms with E-state index in [1.54, 1.807) is 0 Å². The molecule has 0 saturated heterocycles. The second-order valence-corrected chi connectivity index (χ2v) is 4.26.